The molecule has 126 valence electrons. The van der Waals surface area contributed by atoms with Crippen molar-refractivity contribution in [3.63, 3.8) is 0 Å². The molecule has 0 saturated heterocycles. The minimum atomic E-state index is -0.824. The highest BCUT2D eigenvalue weighted by Crippen LogP contribution is 2.26. The second kappa shape index (κ2) is 6.43. The molecule has 7 heteroatoms. The van der Waals surface area contributed by atoms with Crippen LogP contribution in [-0.2, 0) is 4.79 Å². The van der Waals surface area contributed by atoms with E-state index in [1.807, 2.05) is 0 Å². The van der Waals surface area contributed by atoms with Crippen molar-refractivity contribution in [2.45, 2.75) is 32.2 Å². The third-order valence-corrected chi connectivity index (χ3v) is 4.45. The molecular formula is C17H18FN3O3. The molecule has 0 spiro atoms. The van der Waals surface area contributed by atoms with Gasteiger partial charge in [-0.2, -0.15) is 5.10 Å². The van der Waals surface area contributed by atoms with Crippen LogP contribution in [0.5, 0.6) is 0 Å². The molecule has 6 nitrogen and oxygen atoms in total. The van der Waals surface area contributed by atoms with Gasteiger partial charge in [0, 0.05) is 6.04 Å². The van der Waals surface area contributed by atoms with Gasteiger partial charge in [0.1, 0.15) is 11.5 Å². The molecule has 1 aliphatic carbocycles. The van der Waals surface area contributed by atoms with Crippen LogP contribution in [-0.4, -0.2) is 32.8 Å². The van der Waals surface area contributed by atoms with Gasteiger partial charge in [-0.25, -0.2) is 9.07 Å². The Morgan fingerprint density at radius 1 is 1.33 bits per heavy atom. The summed E-state index contributed by atoms with van der Waals surface area (Å²) >= 11 is 0. The van der Waals surface area contributed by atoms with Crippen molar-refractivity contribution in [3.05, 3.63) is 47.5 Å². The van der Waals surface area contributed by atoms with Crippen molar-refractivity contribution in [1.29, 1.82) is 0 Å². The Bertz CT molecular complexity index is 787. The Labute approximate surface area is 138 Å². The maximum Gasteiger partial charge on any atom is 0.306 e. The van der Waals surface area contributed by atoms with E-state index in [1.165, 1.54) is 16.9 Å². The van der Waals surface area contributed by atoms with Gasteiger partial charge in [0.25, 0.3) is 5.91 Å². The van der Waals surface area contributed by atoms with Gasteiger partial charge in [-0.1, -0.05) is 12.1 Å². The average Bonchev–Trinajstić information content (AvgIpc) is 3.15. The number of carbonyl (C=O) groups is 2. The highest BCUT2D eigenvalue weighted by Gasteiger charge is 2.31. The molecule has 1 aromatic heterocycles. The van der Waals surface area contributed by atoms with E-state index in [0.717, 1.165) is 0 Å². The largest absolute Gasteiger partial charge is 0.481 e. The van der Waals surface area contributed by atoms with Crippen molar-refractivity contribution in [1.82, 2.24) is 15.1 Å². The number of halogens is 1. The molecule has 0 unspecified atom stereocenters. The molecule has 3 rings (SSSR count). The number of nitrogens with zero attached hydrogens (tertiary/aromatic N) is 2. The number of hydrogen-bond acceptors (Lipinski definition) is 3. The van der Waals surface area contributed by atoms with Crippen LogP contribution in [0.3, 0.4) is 0 Å². The first kappa shape index (κ1) is 16.2. The molecular weight excluding hydrogens is 313 g/mol. The molecule has 2 aromatic rings. The number of hydrogen-bond donors (Lipinski definition) is 2. The molecule has 0 bridgehead atoms. The molecule has 1 amide bonds. The lowest BCUT2D eigenvalue weighted by Gasteiger charge is -2.12. The third kappa shape index (κ3) is 3.02. The topological polar surface area (TPSA) is 84.2 Å². The molecule has 2 N–H and O–H groups in total. The summed E-state index contributed by atoms with van der Waals surface area (Å²) in [7, 11) is 0. The number of nitrogens with one attached hydrogen (secondary N) is 1. The van der Waals surface area contributed by atoms with E-state index < -0.39 is 17.7 Å². The van der Waals surface area contributed by atoms with Gasteiger partial charge in [-0.3, -0.25) is 9.59 Å². The number of carboxylic acid groups (broad SMARTS) is 1. The van der Waals surface area contributed by atoms with E-state index in [4.69, 9.17) is 5.11 Å². The number of para-hydroxylation sites is 1. The van der Waals surface area contributed by atoms with Gasteiger partial charge in [0.15, 0.2) is 0 Å². The fraction of sp³-hybridized carbons (Fsp3) is 0.353. The van der Waals surface area contributed by atoms with Crippen LogP contribution >= 0.6 is 0 Å². The van der Waals surface area contributed by atoms with Crippen LogP contribution in [0, 0.1) is 18.7 Å². The molecule has 0 aliphatic heterocycles. The fourth-order valence-electron chi connectivity index (χ4n) is 3.10. The zero-order valence-electron chi connectivity index (χ0n) is 13.2. The minimum absolute atomic E-state index is 0.158. The number of benzene rings is 1. The molecule has 1 fully saturated rings. The Morgan fingerprint density at radius 3 is 2.75 bits per heavy atom. The Balaban J connectivity index is 1.75. The Kier molecular flexibility index (Phi) is 4.33. The van der Waals surface area contributed by atoms with Gasteiger partial charge in [0.05, 0.1) is 23.4 Å². The van der Waals surface area contributed by atoms with E-state index in [-0.39, 0.29) is 17.6 Å². The maximum absolute atomic E-state index is 13.9. The SMILES string of the molecule is Cc1c(C(=O)N[C@H]2CC[C@@H](C(=O)O)C2)cnn1-c1ccccc1F. The van der Waals surface area contributed by atoms with E-state index in [1.54, 1.807) is 25.1 Å². The number of carbonyl (C=O) groups excluding carboxylic acids is 1. The van der Waals surface area contributed by atoms with Crippen molar-refractivity contribution in [2.24, 2.45) is 5.92 Å². The smallest absolute Gasteiger partial charge is 0.306 e. The normalized spacial score (nSPS) is 20.1. The molecule has 0 radical (unpaired) electrons. The van der Waals surface area contributed by atoms with Crippen molar-refractivity contribution in [2.75, 3.05) is 0 Å². The number of carboxylic acids is 1. The lowest BCUT2D eigenvalue weighted by molar-refractivity contribution is -0.141. The summed E-state index contributed by atoms with van der Waals surface area (Å²) in [5.74, 6) is -1.96. The predicted molar refractivity (Wildman–Crippen MR) is 84.5 cm³/mol. The van der Waals surface area contributed by atoms with Gasteiger partial charge in [-0.15, -0.1) is 0 Å². The summed E-state index contributed by atoms with van der Waals surface area (Å²) in [4.78, 5) is 23.4. The Hall–Kier alpha value is -2.70. The molecule has 24 heavy (non-hydrogen) atoms. The summed E-state index contributed by atoms with van der Waals surface area (Å²) in [5.41, 5.74) is 1.17. The van der Waals surface area contributed by atoms with Crippen LogP contribution < -0.4 is 5.32 Å². The zero-order valence-corrected chi connectivity index (χ0v) is 13.2. The number of amides is 1. The molecule has 1 aliphatic rings. The first-order valence-corrected chi connectivity index (χ1v) is 7.80. The summed E-state index contributed by atoms with van der Waals surface area (Å²) in [6.45, 7) is 1.70. The zero-order chi connectivity index (χ0) is 17.3. The summed E-state index contributed by atoms with van der Waals surface area (Å²) in [6.07, 6.45) is 3.04. The van der Waals surface area contributed by atoms with Crippen molar-refractivity contribution >= 4 is 11.9 Å². The number of rotatable bonds is 4. The summed E-state index contributed by atoms with van der Waals surface area (Å²) in [6, 6.07) is 6.05. The van der Waals surface area contributed by atoms with Gasteiger partial charge in [-0.05, 0) is 38.3 Å². The van der Waals surface area contributed by atoms with E-state index >= 15 is 0 Å². The molecule has 2 atom stereocenters. The highest BCUT2D eigenvalue weighted by molar-refractivity contribution is 5.95. The fourth-order valence-corrected chi connectivity index (χ4v) is 3.10. The first-order chi connectivity index (χ1) is 11.5. The van der Waals surface area contributed by atoms with Crippen molar-refractivity contribution in [3.8, 4) is 5.69 Å². The van der Waals surface area contributed by atoms with Crippen LogP contribution in [0.15, 0.2) is 30.5 Å². The van der Waals surface area contributed by atoms with Crippen LogP contribution in [0.1, 0.15) is 35.3 Å². The van der Waals surface area contributed by atoms with Crippen molar-refractivity contribution < 1.29 is 19.1 Å². The standard InChI is InChI=1S/C17H18FN3O3/c1-10-13(9-19-21(10)15-5-3-2-4-14(15)18)16(22)20-12-7-6-11(8-12)17(23)24/h2-5,9,11-12H,6-8H2,1H3,(H,20,22)(H,23,24)/t11-,12+/m1/s1. The number of aromatic nitrogens is 2. The van der Waals surface area contributed by atoms with E-state index in [9.17, 15) is 14.0 Å². The Morgan fingerprint density at radius 2 is 2.08 bits per heavy atom. The maximum atomic E-state index is 13.9. The highest BCUT2D eigenvalue weighted by atomic mass is 19.1. The average molecular weight is 331 g/mol. The number of aliphatic carboxylic acids is 1. The van der Waals surface area contributed by atoms with Crippen LogP contribution in [0.2, 0.25) is 0 Å². The predicted octanol–water partition coefficient (Wildman–Crippen LogP) is 2.30. The van der Waals surface area contributed by atoms with E-state index in [0.29, 0.717) is 30.5 Å². The van der Waals surface area contributed by atoms with Crippen LogP contribution in [0.4, 0.5) is 4.39 Å². The molecule has 1 aromatic carbocycles. The van der Waals surface area contributed by atoms with E-state index in [2.05, 4.69) is 10.4 Å². The van der Waals surface area contributed by atoms with Gasteiger partial charge >= 0.3 is 5.97 Å². The lowest BCUT2D eigenvalue weighted by atomic mass is 10.1. The van der Waals surface area contributed by atoms with Gasteiger partial charge in [0.2, 0.25) is 0 Å². The summed E-state index contributed by atoms with van der Waals surface area (Å²) in [5, 5.41) is 16.0. The van der Waals surface area contributed by atoms with Gasteiger partial charge < -0.3 is 10.4 Å². The molecule has 1 heterocycles. The summed E-state index contributed by atoms with van der Waals surface area (Å²) < 4.78 is 15.3. The quantitative estimate of drug-likeness (QED) is 0.900. The lowest BCUT2D eigenvalue weighted by Crippen LogP contribution is -2.33. The molecule has 1 saturated carbocycles. The monoisotopic (exact) mass is 331 g/mol. The first-order valence-electron chi connectivity index (χ1n) is 7.80. The minimum Gasteiger partial charge on any atom is -0.481 e. The second-order valence-corrected chi connectivity index (χ2v) is 6.03. The third-order valence-electron chi connectivity index (χ3n) is 4.45. The van der Waals surface area contributed by atoms with Crippen LogP contribution in [0.25, 0.3) is 5.69 Å². The second-order valence-electron chi connectivity index (χ2n) is 6.03.